The van der Waals surface area contributed by atoms with Crippen LogP contribution in [0.15, 0.2) is 35.2 Å². The fraction of sp³-hybridized carbons (Fsp3) is 0.375. The van der Waals surface area contributed by atoms with E-state index >= 15 is 0 Å². The fourth-order valence-electron chi connectivity index (χ4n) is 2.53. The van der Waals surface area contributed by atoms with E-state index in [4.69, 9.17) is 10.5 Å². The smallest absolute Gasteiger partial charge is 0.222 e. The Morgan fingerprint density at radius 3 is 3.05 bits per heavy atom. The van der Waals surface area contributed by atoms with E-state index in [0.717, 1.165) is 24.5 Å². The topological polar surface area (TPSA) is 73.1 Å². The van der Waals surface area contributed by atoms with Gasteiger partial charge in [0.15, 0.2) is 0 Å². The summed E-state index contributed by atoms with van der Waals surface area (Å²) in [5.41, 5.74) is 8.02. The van der Waals surface area contributed by atoms with Crippen LogP contribution in [0.3, 0.4) is 0 Å². The van der Waals surface area contributed by atoms with Crippen LogP contribution < -0.4 is 11.1 Å². The van der Waals surface area contributed by atoms with E-state index in [-0.39, 0.29) is 0 Å². The Balaban J connectivity index is 1.71. The van der Waals surface area contributed by atoms with Crippen molar-refractivity contribution in [2.24, 2.45) is 0 Å². The molecule has 1 saturated heterocycles. The summed E-state index contributed by atoms with van der Waals surface area (Å²) in [6, 6.07) is 10.4. The molecule has 0 spiro atoms. The molecule has 3 N–H and O–H groups in total. The average molecular weight is 316 g/mol. The van der Waals surface area contributed by atoms with Gasteiger partial charge in [-0.15, -0.1) is 11.8 Å². The first-order chi connectivity index (χ1) is 10.7. The van der Waals surface area contributed by atoms with E-state index < -0.39 is 0 Å². The summed E-state index contributed by atoms with van der Waals surface area (Å²) in [6.45, 7) is 2.22. The summed E-state index contributed by atoms with van der Waals surface area (Å²) >= 11 is 1.74. The normalized spacial score (nSPS) is 17.6. The van der Waals surface area contributed by atoms with Crippen LogP contribution in [0.25, 0.3) is 0 Å². The van der Waals surface area contributed by atoms with Gasteiger partial charge < -0.3 is 15.8 Å². The van der Waals surface area contributed by atoms with E-state index in [1.807, 2.05) is 6.07 Å². The zero-order valence-electron chi connectivity index (χ0n) is 12.6. The first-order valence-electron chi connectivity index (χ1n) is 7.33. The molecule has 1 unspecified atom stereocenters. The minimum absolute atomic E-state index is 0.310. The predicted molar refractivity (Wildman–Crippen MR) is 90.2 cm³/mol. The number of anilines is 2. The second kappa shape index (κ2) is 6.98. The number of hydrogen-bond acceptors (Lipinski definition) is 6. The number of rotatable bonds is 5. The predicted octanol–water partition coefficient (Wildman–Crippen LogP) is 2.90. The molecule has 3 rings (SSSR count). The first kappa shape index (κ1) is 15.1. The molecule has 1 aromatic heterocycles. The van der Waals surface area contributed by atoms with Crippen LogP contribution in [-0.4, -0.2) is 29.4 Å². The van der Waals surface area contributed by atoms with Gasteiger partial charge in [-0.25, -0.2) is 4.98 Å². The van der Waals surface area contributed by atoms with Crippen molar-refractivity contribution >= 4 is 23.5 Å². The lowest BCUT2D eigenvalue weighted by Crippen LogP contribution is -2.09. The van der Waals surface area contributed by atoms with Crippen LogP contribution in [0.5, 0.6) is 0 Å². The lowest BCUT2D eigenvalue weighted by atomic mass is 10.0. The van der Waals surface area contributed by atoms with Gasteiger partial charge in [0.2, 0.25) is 5.95 Å². The van der Waals surface area contributed by atoms with Gasteiger partial charge in [0, 0.05) is 30.0 Å². The molecule has 1 aliphatic heterocycles. The lowest BCUT2D eigenvalue weighted by Gasteiger charge is -2.11. The number of nitrogens with two attached hydrogens (primary N) is 1. The third-order valence-corrected chi connectivity index (χ3v) is 4.44. The average Bonchev–Trinajstić information content (AvgIpc) is 3.07. The summed E-state index contributed by atoms with van der Waals surface area (Å²) in [5, 5.41) is 3.34. The summed E-state index contributed by atoms with van der Waals surface area (Å²) in [4.78, 5) is 9.87. The van der Waals surface area contributed by atoms with Gasteiger partial charge in [0.25, 0.3) is 0 Å². The molecule has 0 saturated carbocycles. The van der Waals surface area contributed by atoms with Gasteiger partial charge in [-0.1, -0.05) is 12.1 Å². The highest BCUT2D eigenvalue weighted by atomic mass is 32.2. The van der Waals surface area contributed by atoms with Crippen LogP contribution in [0.1, 0.15) is 23.6 Å². The summed E-state index contributed by atoms with van der Waals surface area (Å²) in [5.74, 6) is 1.40. The van der Waals surface area contributed by atoms with Crippen molar-refractivity contribution in [3.05, 3.63) is 41.6 Å². The van der Waals surface area contributed by atoms with E-state index in [9.17, 15) is 0 Å². The Kier molecular flexibility index (Phi) is 4.80. The third-order valence-electron chi connectivity index (χ3n) is 3.72. The van der Waals surface area contributed by atoms with Crippen molar-refractivity contribution in [2.45, 2.75) is 23.8 Å². The van der Waals surface area contributed by atoms with Gasteiger partial charge in [0.05, 0.1) is 12.3 Å². The number of nitrogens with zero attached hydrogens (tertiary/aromatic N) is 2. The maximum absolute atomic E-state index is 5.84. The van der Waals surface area contributed by atoms with Crippen molar-refractivity contribution in [1.82, 2.24) is 9.97 Å². The Morgan fingerprint density at radius 1 is 1.36 bits per heavy atom. The number of ether oxygens (including phenoxy) is 1. The molecule has 1 aromatic carbocycles. The van der Waals surface area contributed by atoms with Crippen LogP contribution in [-0.2, 0) is 11.3 Å². The molecule has 2 aromatic rings. The Hall–Kier alpha value is -1.79. The Labute approximate surface area is 134 Å². The highest BCUT2D eigenvalue weighted by molar-refractivity contribution is 7.98. The molecular weight excluding hydrogens is 296 g/mol. The van der Waals surface area contributed by atoms with Gasteiger partial charge in [-0.2, -0.15) is 4.98 Å². The first-order valence-corrected chi connectivity index (χ1v) is 8.56. The fourth-order valence-corrected chi connectivity index (χ4v) is 3.01. The maximum atomic E-state index is 5.84. The van der Waals surface area contributed by atoms with E-state index in [1.54, 1.807) is 11.8 Å². The van der Waals surface area contributed by atoms with Gasteiger partial charge in [-0.3, -0.25) is 0 Å². The SMILES string of the molecule is CSc1cccc(CNc2cc(C3CCOC3)nc(N)n2)c1. The molecule has 116 valence electrons. The quantitative estimate of drug-likeness (QED) is 0.826. The molecule has 22 heavy (non-hydrogen) atoms. The van der Waals surface area contributed by atoms with E-state index in [1.165, 1.54) is 10.5 Å². The molecule has 6 heteroatoms. The molecule has 1 fully saturated rings. The van der Waals surface area contributed by atoms with Gasteiger partial charge in [0.1, 0.15) is 5.82 Å². The van der Waals surface area contributed by atoms with Crippen LogP contribution >= 0.6 is 11.8 Å². The number of nitrogens with one attached hydrogen (secondary N) is 1. The number of thioether (sulfide) groups is 1. The van der Waals surface area contributed by atoms with Crippen molar-refractivity contribution in [2.75, 3.05) is 30.5 Å². The highest BCUT2D eigenvalue weighted by Gasteiger charge is 2.20. The maximum Gasteiger partial charge on any atom is 0.222 e. The Bertz CT molecular complexity index is 644. The van der Waals surface area contributed by atoms with Crippen LogP contribution in [0.2, 0.25) is 0 Å². The summed E-state index contributed by atoms with van der Waals surface area (Å²) < 4.78 is 5.42. The van der Waals surface area contributed by atoms with Crippen molar-refractivity contribution in [1.29, 1.82) is 0 Å². The lowest BCUT2D eigenvalue weighted by molar-refractivity contribution is 0.193. The third kappa shape index (κ3) is 3.69. The minimum Gasteiger partial charge on any atom is -0.381 e. The molecule has 0 amide bonds. The summed E-state index contributed by atoms with van der Waals surface area (Å²) in [7, 11) is 0. The van der Waals surface area contributed by atoms with Gasteiger partial charge in [-0.05, 0) is 30.4 Å². The zero-order chi connectivity index (χ0) is 15.4. The van der Waals surface area contributed by atoms with E-state index in [0.29, 0.717) is 25.0 Å². The molecule has 0 radical (unpaired) electrons. The van der Waals surface area contributed by atoms with Crippen LogP contribution in [0, 0.1) is 0 Å². The number of aromatic nitrogens is 2. The van der Waals surface area contributed by atoms with E-state index in [2.05, 4.69) is 45.8 Å². The molecular formula is C16H20N4OS. The number of hydrogen-bond donors (Lipinski definition) is 2. The van der Waals surface area contributed by atoms with Crippen molar-refractivity contribution < 1.29 is 4.74 Å². The van der Waals surface area contributed by atoms with Gasteiger partial charge >= 0.3 is 0 Å². The Morgan fingerprint density at radius 2 is 2.27 bits per heavy atom. The van der Waals surface area contributed by atoms with Crippen molar-refractivity contribution in [3.8, 4) is 0 Å². The highest BCUT2D eigenvalue weighted by Crippen LogP contribution is 2.25. The molecule has 1 atom stereocenters. The number of nitrogen functional groups attached to an aromatic ring is 1. The molecule has 5 nitrogen and oxygen atoms in total. The molecule has 0 aliphatic carbocycles. The van der Waals surface area contributed by atoms with Crippen LogP contribution in [0.4, 0.5) is 11.8 Å². The monoisotopic (exact) mass is 316 g/mol. The minimum atomic E-state index is 0.310. The number of benzene rings is 1. The zero-order valence-corrected chi connectivity index (χ0v) is 13.4. The molecule has 1 aliphatic rings. The molecule has 0 bridgehead atoms. The second-order valence-electron chi connectivity index (χ2n) is 5.30. The molecule has 2 heterocycles. The standard InChI is InChI=1S/C16H20N4OS/c1-22-13-4-2-3-11(7-13)9-18-15-8-14(19-16(17)20-15)12-5-6-21-10-12/h2-4,7-8,12H,5-6,9-10H2,1H3,(H3,17,18,19,20). The second-order valence-corrected chi connectivity index (χ2v) is 6.18. The summed E-state index contributed by atoms with van der Waals surface area (Å²) in [6.07, 6.45) is 3.07. The largest absolute Gasteiger partial charge is 0.381 e. The van der Waals surface area contributed by atoms with Crippen molar-refractivity contribution in [3.63, 3.8) is 0 Å².